The van der Waals surface area contributed by atoms with E-state index in [4.69, 9.17) is 9.47 Å². The predicted octanol–water partition coefficient (Wildman–Crippen LogP) is 1.47. The first-order chi connectivity index (χ1) is 15.0. The fourth-order valence-corrected chi connectivity index (χ4v) is 5.34. The Morgan fingerprint density at radius 2 is 1.97 bits per heavy atom. The van der Waals surface area contributed by atoms with E-state index in [0.29, 0.717) is 30.7 Å². The molecule has 2 saturated heterocycles. The highest BCUT2D eigenvalue weighted by atomic mass is 16.5. The zero-order valence-corrected chi connectivity index (χ0v) is 17.8. The number of nitrogens with zero attached hydrogens (tertiary/aromatic N) is 2. The maximum atomic E-state index is 12.9. The average molecular weight is 428 g/mol. The van der Waals surface area contributed by atoms with Crippen LogP contribution < -0.4 is 10.1 Å². The number of hydrogen-bond donors (Lipinski definition) is 1. The maximum Gasteiger partial charge on any atom is 0.255 e. The van der Waals surface area contributed by atoms with E-state index >= 15 is 0 Å². The van der Waals surface area contributed by atoms with Crippen LogP contribution in [0.15, 0.2) is 18.2 Å². The van der Waals surface area contributed by atoms with Gasteiger partial charge in [0, 0.05) is 44.3 Å². The van der Waals surface area contributed by atoms with Crippen molar-refractivity contribution < 1.29 is 23.9 Å². The van der Waals surface area contributed by atoms with Crippen molar-refractivity contribution in [1.29, 1.82) is 0 Å². The summed E-state index contributed by atoms with van der Waals surface area (Å²) in [5.41, 5.74) is 1.49. The first kappa shape index (κ1) is 20.5. The van der Waals surface area contributed by atoms with E-state index < -0.39 is 6.04 Å². The van der Waals surface area contributed by atoms with Crippen LogP contribution in [0.1, 0.15) is 54.9 Å². The molecule has 3 heterocycles. The van der Waals surface area contributed by atoms with Crippen molar-refractivity contribution in [1.82, 2.24) is 15.1 Å². The Kier molecular flexibility index (Phi) is 5.44. The Morgan fingerprint density at radius 1 is 1.13 bits per heavy atom. The van der Waals surface area contributed by atoms with Gasteiger partial charge in [-0.05, 0) is 56.4 Å². The third-order valence-electron chi connectivity index (χ3n) is 6.95. The quantitative estimate of drug-likeness (QED) is 0.692. The molecule has 1 unspecified atom stereocenters. The lowest BCUT2D eigenvalue weighted by Crippen LogP contribution is -2.59. The largest absolute Gasteiger partial charge is 0.489 e. The van der Waals surface area contributed by atoms with Crippen molar-refractivity contribution in [3.8, 4) is 5.75 Å². The molecule has 0 spiro atoms. The highest BCUT2D eigenvalue weighted by Gasteiger charge is 2.41. The lowest BCUT2D eigenvalue weighted by atomic mass is 10.0. The van der Waals surface area contributed by atoms with E-state index in [1.54, 1.807) is 11.0 Å². The average Bonchev–Trinajstić information content (AvgIpc) is 3.29. The summed E-state index contributed by atoms with van der Waals surface area (Å²) in [6, 6.07) is 5.42. The predicted molar refractivity (Wildman–Crippen MR) is 112 cm³/mol. The van der Waals surface area contributed by atoms with Gasteiger partial charge in [0.25, 0.3) is 5.91 Å². The summed E-state index contributed by atoms with van der Waals surface area (Å²) in [5.74, 6) is -0.0441. The van der Waals surface area contributed by atoms with E-state index in [9.17, 15) is 14.4 Å². The molecule has 8 nitrogen and oxygen atoms in total. The highest BCUT2D eigenvalue weighted by Crippen LogP contribution is 2.34. The van der Waals surface area contributed by atoms with E-state index in [-0.39, 0.29) is 30.2 Å². The fraction of sp³-hybridized carbons (Fsp3) is 0.609. The summed E-state index contributed by atoms with van der Waals surface area (Å²) in [6.45, 7) is 5.10. The normalized spacial score (nSPS) is 29.1. The Bertz CT molecular complexity index is 897. The van der Waals surface area contributed by atoms with E-state index in [1.807, 2.05) is 19.1 Å². The lowest BCUT2D eigenvalue weighted by molar-refractivity contribution is -0.136. The molecule has 3 aliphatic heterocycles. The second-order valence-corrected chi connectivity index (χ2v) is 8.90. The van der Waals surface area contributed by atoms with Crippen LogP contribution in [-0.4, -0.2) is 71.5 Å². The van der Waals surface area contributed by atoms with Crippen LogP contribution in [0.2, 0.25) is 0 Å². The SMILES string of the molecule is CCOC1CN([C@@H]2CCC[C@@H]2Oc2ccc3c(c2)CN(C2CCC(=O)NC2=O)C3=O)C1. The molecule has 1 N–H and O–H groups in total. The Balaban J connectivity index is 1.24. The molecule has 0 bridgehead atoms. The number of piperidine rings is 1. The number of fused-ring (bicyclic) bond motifs is 1. The zero-order chi connectivity index (χ0) is 21.5. The second kappa shape index (κ2) is 8.24. The number of benzene rings is 1. The minimum atomic E-state index is -0.592. The molecular weight excluding hydrogens is 398 g/mol. The number of nitrogens with one attached hydrogen (secondary N) is 1. The molecule has 3 fully saturated rings. The van der Waals surface area contributed by atoms with Gasteiger partial charge in [-0.25, -0.2) is 0 Å². The molecule has 31 heavy (non-hydrogen) atoms. The van der Waals surface area contributed by atoms with Gasteiger partial charge < -0.3 is 14.4 Å². The van der Waals surface area contributed by atoms with Gasteiger partial charge in [-0.3, -0.25) is 24.6 Å². The zero-order valence-electron chi connectivity index (χ0n) is 17.8. The maximum absolute atomic E-state index is 12.9. The molecule has 166 valence electrons. The van der Waals surface area contributed by atoms with Crippen LogP contribution in [0.25, 0.3) is 0 Å². The van der Waals surface area contributed by atoms with Crippen molar-refractivity contribution in [3.63, 3.8) is 0 Å². The van der Waals surface area contributed by atoms with Gasteiger partial charge in [-0.15, -0.1) is 0 Å². The van der Waals surface area contributed by atoms with Crippen molar-refractivity contribution in [2.75, 3.05) is 19.7 Å². The van der Waals surface area contributed by atoms with Crippen molar-refractivity contribution in [2.45, 2.75) is 69.9 Å². The molecule has 1 aromatic rings. The van der Waals surface area contributed by atoms with Crippen LogP contribution in [0, 0.1) is 0 Å². The van der Waals surface area contributed by atoms with E-state index in [1.165, 1.54) is 0 Å². The summed E-state index contributed by atoms with van der Waals surface area (Å²) in [5, 5.41) is 2.34. The number of imide groups is 1. The minimum absolute atomic E-state index is 0.143. The van der Waals surface area contributed by atoms with Crippen LogP contribution in [0.3, 0.4) is 0 Å². The van der Waals surface area contributed by atoms with Gasteiger partial charge in [0.05, 0.1) is 6.10 Å². The number of carbonyl (C=O) groups excluding carboxylic acids is 3. The highest BCUT2D eigenvalue weighted by molar-refractivity contribution is 6.05. The number of likely N-dealkylation sites (tertiary alicyclic amines) is 1. The van der Waals surface area contributed by atoms with E-state index in [2.05, 4.69) is 10.2 Å². The van der Waals surface area contributed by atoms with Gasteiger partial charge in [-0.1, -0.05) is 0 Å². The van der Waals surface area contributed by atoms with Crippen LogP contribution in [0.5, 0.6) is 5.75 Å². The second-order valence-electron chi connectivity index (χ2n) is 8.90. The molecule has 1 aromatic carbocycles. The van der Waals surface area contributed by atoms with Crippen LogP contribution >= 0.6 is 0 Å². The van der Waals surface area contributed by atoms with Gasteiger partial charge in [0.1, 0.15) is 17.9 Å². The molecular formula is C23H29N3O5. The summed E-state index contributed by atoms with van der Waals surface area (Å²) < 4.78 is 12.1. The van der Waals surface area contributed by atoms with Crippen LogP contribution in [-0.2, 0) is 20.9 Å². The van der Waals surface area contributed by atoms with Crippen molar-refractivity contribution in [3.05, 3.63) is 29.3 Å². The third kappa shape index (κ3) is 3.83. The minimum Gasteiger partial charge on any atom is -0.489 e. The van der Waals surface area contributed by atoms with Crippen LogP contribution in [0.4, 0.5) is 0 Å². The van der Waals surface area contributed by atoms with E-state index in [0.717, 1.165) is 50.3 Å². The number of hydrogen-bond acceptors (Lipinski definition) is 6. The molecule has 3 atom stereocenters. The topological polar surface area (TPSA) is 88.2 Å². The smallest absolute Gasteiger partial charge is 0.255 e. The number of rotatable bonds is 6. The molecule has 4 aliphatic rings. The van der Waals surface area contributed by atoms with Crippen molar-refractivity contribution >= 4 is 17.7 Å². The third-order valence-corrected chi connectivity index (χ3v) is 6.95. The summed E-state index contributed by atoms with van der Waals surface area (Å²) in [6.07, 6.45) is 4.43. The monoisotopic (exact) mass is 427 g/mol. The molecule has 8 heteroatoms. The standard InChI is InChI=1S/C23H29N3O5/c1-2-30-16-12-25(13-16)18-4-3-5-20(18)31-15-6-7-17-14(10-15)11-26(23(17)29)19-8-9-21(27)24-22(19)28/h6-7,10,16,18-20H,2-5,8-9,11-13H2,1H3,(H,24,27,28)/t18-,19?,20+/m1/s1. The van der Waals surface area contributed by atoms with Gasteiger partial charge in [0.15, 0.2) is 0 Å². The van der Waals surface area contributed by atoms with Gasteiger partial charge in [-0.2, -0.15) is 0 Å². The number of carbonyl (C=O) groups is 3. The Morgan fingerprint density at radius 3 is 2.74 bits per heavy atom. The Hall–Kier alpha value is -2.45. The first-order valence-electron chi connectivity index (χ1n) is 11.3. The number of ether oxygens (including phenoxy) is 2. The molecule has 1 aliphatic carbocycles. The summed E-state index contributed by atoms with van der Waals surface area (Å²) in [4.78, 5) is 40.5. The van der Waals surface area contributed by atoms with Gasteiger partial charge in [0.2, 0.25) is 11.8 Å². The molecule has 0 aromatic heterocycles. The van der Waals surface area contributed by atoms with Gasteiger partial charge >= 0.3 is 0 Å². The fourth-order valence-electron chi connectivity index (χ4n) is 5.34. The number of amides is 3. The molecule has 0 radical (unpaired) electrons. The summed E-state index contributed by atoms with van der Waals surface area (Å²) >= 11 is 0. The summed E-state index contributed by atoms with van der Waals surface area (Å²) in [7, 11) is 0. The van der Waals surface area contributed by atoms with Crippen molar-refractivity contribution in [2.24, 2.45) is 0 Å². The molecule has 1 saturated carbocycles. The lowest BCUT2D eigenvalue weighted by Gasteiger charge is -2.44. The first-order valence-corrected chi connectivity index (χ1v) is 11.3. The molecule has 3 amide bonds. The molecule has 5 rings (SSSR count). The Labute approximate surface area is 181 Å².